The summed E-state index contributed by atoms with van der Waals surface area (Å²) < 4.78 is 18.0. The molecule has 4 aliphatic rings. The second-order valence-electron chi connectivity index (χ2n) is 14.7. The zero-order chi connectivity index (χ0) is 39.6. The van der Waals surface area contributed by atoms with Gasteiger partial charge in [0.15, 0.2) is 11.5 Å². The Morgan fingerprint density at radius 1 is 0.737 bits per heavy atom. The first-order valence-corrected chi connectivity index (χ1v) is 19.4. The average Bonchev–Trinajstić information content (AvgIpc) is 3.81. The summed E-state index contributed by atoms with van der Waals surface area (Å²) in [7, 11) is 1.55. The molecule has 0 saturated carbocycles. The summed E-state index contributed by atoms with van der Waals surface area (Å²) in [4.78, 5) is 51.7. The Morgan fingerprint density at radius 3 is 1.84 bits per heavy atom. The third-order valence-corrected chi connectivity index (χ3v) is 10.9. The molecular formula is C46H44N4O7. The average molecular weight is 765 g/mol. The monoisotopic (exact) mass is 764 g/mol. The molecule has 0 unspecified atom stereocenters. The van der Waals surface area contributed by atoms with Crippen molar-refractivity contribution in [1.82, 2.24) is 9.80 Å². The number of carbonyl (C=O) groups is 3. The number of benzene rings is 4. The zero-order valence-corrected chi connectivity index (χ0v) is 32.2. The quantitative estimate of drug-likeness (QED) is 0.135. The number of amides is 2. The Kier molecular flexibility index (Phi) is 10.5. The van der Waals surface area contributed by atoms with Gasteiger partial charge < -0.3 is 29.1 Å². The number of aryl methyl sites for hydroxylation is 2. The summed E-state index contributed by atoms with van der Waals surface area (Å²) in [5.41, 5.74) is 8.41. The fraction of sp³-hybridized carbons (Fsp3) is 0.283. The van der Waals surface area contributed by atoms with Crippen LogP contribution in [0.25, 0.3) is 11.1 Å². The van der Waals surface area contributed by atoms with Gasteiger partial charge in [-0.2, -0.15) is 0 Å². The van der Waals surface area contributed by atoms with E-state index >= 15 is 0 Å². The molecule has 57 heavy (non-hydrogen) atoms. The van der Waals surface area contributed by atoms with E-state index < -0.39 is 5.97 Å². The van der Waals surface area contributed by atoms with Crippen LogP contribution in [0, 0.1) is 6.92 Å². The van der Waals surface area contributed by atoms with Crippen LogP contribution in [0.15, 0.2) is 95.2 Å². The number of hydrogen-bond donors (Lipinski definition) is 1. The second-order valence-corrected chi connectivity index (χ2v) is 14.7. The predicted octanol–water partition coefficient (Wildman–Crippen LogP) is 8.84. The molecule has 1 N–H and O–H groups in total. The molecule has 0 saturated heterocycles. The molecule has 11 heteroatoms. The minimum atomic E-state index is -0.981. The van der Waals surface area contributed by atoms with E-state index in [2.05, 4.69) is 36.2 Å². The van der Waals surface area contributed by atoms with Crippen LogP contribution in [0.4, 0.5) is 11.4 Å². The van der Waals surface area contributed by atoms with E-state index in [4.69, 9.17) is 19.2 Å². The Bertz CT molecular complexity index is 2360. The van der Waals surface area contributed by atoms with Crippen LogP contribution in [0.2, 0.25) is 0 Å². The van der Waals surface area contributed by atoms with Crippen molar-refractivity contribution in [1.29, 1.82) is 0 Å². The van der Waals surface area contributed by atoms with Gasteiger partial charge in [0.05, 0.1) is 60.5 Å². The first kappa shape index (κ1) is 37.4. The Labute approximate surface area is 331 Å². The van der Waals surface area contributed by atoms with Gasteiger partial charge in [0.25, 0.3) is 11.8 Å². The minimum absolute atomic E-state index is 0.131. The van der Waals surface area contributed by atoms with E-state index in [0.29, 0.717) is 72.2 Å². The van der Waals surface area contributed by atoms with E-state index in [9.17, 15) is 19.5 Å². The van der Waals surface area contributed by atoms with Gasteiger partial charge in [-0.05, 0) is 77.4 Å². The van der Waals surface area contributed by atoms with Crippen LogP contribution >= 0.6 is 0 Å². The highest BCUT2D eigenvalue weighted by Gasteiger charge is 2.35. The molecule has 0 bridgehead atoms. The zero-order valence-electron chi connectivity index (χ0n) is 32.2. The predicted molar refractivity (Wildman–Crippen MR) is 220 cm³/mol. The molecule has 0 aromatic heterocycles. The molecule has 0 radical (unpaired) electrons. The fourth-order valence-electron chi connectivity index (χ4n) is 7.67. The molecular weight excluding hydrogens is 721 g/mol. The third kappa shape index (κ3) is 7.57. The van der Waals surface area contributed by atoms with Crippen molar-refractivity contribution in [2.24, 2.45) is 9.98 Å². The number of aliphatic imine (C=N–C) groups is 2. The van der Waals surface area contributed by atoms with E-state index in [1.165, 1.54) is 18.4 Å². The minimum Gasteiger partial charge on any atom is -0.493 e. The van der Waals surface area contributed by atoms with Gasteiger partial charge in [-0.1, -0.05) is 49.7 Å². The highest BCUT2D eigenvalue weighted by molar-refractivity contribution is 6.06. The summed E-state index contributed by atoms with van der Waals surface area (Å²) in [6, 6.07) is 22.0. The normalized spacial score (nSPS) is 17.9. The topological polar surface area (TPSA) is 130 Å². The molecule has 4 aromatic rings. The first-order valence-electron chi connectivity index (χ1n) is 19.4. The summed E-state index contributed by atoms with van der Waals surface area (Å²) in [6.45, 7) is 4.78. The van der Waals surface area contributed by atoms with Crippen LogP contribution < -0.4 is 14.2 Å². The Morgan fingerprint density at radius 2 is 1.28 bits per heavy atom. The van der Waals surface area contributed by atoms with Gasteiger partial charge in [0.1, 0.15) is 5.75 Å². The van der Waals surface area contributed by atoms with Crippen molar-refractivity contribution < 1.29 is 33.7 Å². The van der Waals surface area contributed by atoms with Crippen LogP contribution in [-0.2, 0) is 6.42 Å². The number of methoxy groups -OCH3 is 1. The molecule has 2 atom stereocenters. The van der Waals surface area contributed by atoms with Crippen molar-refractivity contribution in [2.75, 3.05) is 20.3 Å². The van der Waals surface area contributed by atoms with Crippen molar-refractivity contribution in [3.8, 4) is 17.2 Å². The second kappa shape index (κ2) is 15.9. The molecule has 2 amide bonds. The summed E-state index contributed by atoms with van der Waals surface area (Å²) in [6.07, 6.45) is 12.6. The Balaban J connectivity index is 0.882. The number of carboxylic acid groups (broad SMARTS) is 1. The molecule has 0 aliphatic carbocycles. The maximum Gasteiger partial charge on any atom is 0.335 e. The standard InChI is InChI=1S/C46H44N4O7/c1-4-5-7-29-8-10-30(11-9-29)33-19-36-25-48-40-23-43(42(55-3)21-38(40)45(52)50(36)26-33)57-17-6-16-56-41-22-39-37(18-28(41)2)44(51)49-27-34(20-35(49)24-47-39)31-12-14-32(15-13-31)46(53)54/h8-15,18,21-27,35-36H,4-7,16-17,19-20H2,1-3H3,(H,53,54)/t35-,36-/m0/s1. The number of fused-ring (bicyclic) bond motifs is 4. The number of ether oxygens (including phenoxy) is 3. The lowest BCUT2D eigenvalue weighted by Crippen LogP contribution is -2.32. The number of rotatable bonds is 13. The van der Waals surface area contributed by atoms with Crippen LogP contribution in [0.3, 0.4) is 0 Å². The molecule has 0 fully saturated rings. The first-order chi connectivity index (χ1) is 27.7. The van der Waals surface area contributed by atoms with E-state index in [1.807, 2.05) is 31.6 Å². The van der Waals surface area contributed by atoms with Gasteiger partial charge in [0, 0.05) is 56.2 Å². The lowest BCUT2D eigenvalue weighted by atomic mass is 10.00. The van der Waals surface area contributed by atoms with E-state index in [-0.39, 0.29) is 29.5 Å². The highest BCUT2D eigenvalue weighted by atomic mass is 16.5. The third-order valence-electron chi connectivity index (χ3n) is 10.9. The van der Waals surface area contributed by atoms with Gasteiger partial charge in [-0.3, -0.25) is 19.6 Å². The molecule has 4 aliphatic heterocycles. The number of carbonyl (C=O) groups excluding carboxylic acids is 2. The lowest BCUT2D eigenvalue weighted by molar-refractivity contribution is 0.0695. The highest BCUT2D eigenvalue weighted by Crippen LogP contribution is 2.41. The molecule has 4 aromatic carbocycles. The maximum atomic E-state index is 13.8. The van der Waals surface area contributed by atoms with Gasteiger partial charge in [-0.15, -0.1) is 0 Å². The maximum absolute atomic E-state index is 13.8. The number of carboxylic acids is 1. The molecule has 8 rings (SSSR count). The van der Waals surface area contributed by atoms with Crippen molar-refractivity contribution in [3.05, 3.63) is 124 Å². The number of unbranched alkanes of at least 4 members (excludes halogenated alkanes) is 1. The lowest BCUT2D eigenvalue weighted by Gasteiger charge is -2.19. The van der Waals surface area contributed by atoms with E-state index in [1.54, 1.807) is 65.6 Å². The molecule has 290 valence electrons. The molecule has 11 nitrogen and oxygen atoms in total. The molecule has 4 heterocycles. The number of nitrogens with zero attached hydrogens (tertiary/aromatic N) is 4. The number of aromatic carboxylic acids is 1. The van der Waals surface area contributed by atoms with E-state index in [0.717, 1.165) is 34.3 Å². The van der Waals surface area contributed by atoms with Crippen LogP contribution in [0.5, 0.6) is 17.2 Å². The van der Waals surface area contributed by atoms with Crippen LogP contribution in [-0.4, -0.2) is 77.5 Å². The van der Waals surface area contributed by atoms with Crippen molar-refractivity contribution in [3.63, 3.8) is 0 Å². The van der Waals surface area contributed by atoms with Gasteiger partial charge >= 0.3 is 5.97 Å². The van der Waals surface area contributed by atoms with Gasteiger partial charge in [-0.25, -0.2) is 4.79 Å². The fourth-order valence-corrected chi connectivity index (χ4v) is 7.67. The van der Waals surface area contributed by atoms with Gasteiger partial charge in [0.2, 0.25) is 0 Å². The SMILES string of the molecule is CCCCc1ccc(C2=CN3C(=O)c4cc(OC)c(OCCCOc5cc6c(cc5C)C(=O)N5C=C(c7ccc(C(=O)O)cc7)C[C@H]5C=N6)cc4N=C[C@@H]3C2)cc1. The van der Waals surface area contributed by atoms with Crippen molar-refractivity contribution >= 4 is 52.7 Å². The largest absolute Gasteiger partial charge is 0.493 e. The number of hydrogen-bond acceptors (Lipinski definition) is 8. The summed E-state index contributed by atoms with van der Waals surface area (Å²) >= 11 is 0. The van der Waals surface area contributed by atoms with Crippen LogP contribution in [0.1, 0.15) is 92.4 Å². The Hall–Kier alpha value is -6.49. The smallest absolute Gasteiger partial charge is 0.335 e. The summed E-state index contributed by atoms with van der Waals surface area (Å²) in [5, 5.41) is 9.24. The van der Waals surface area contributed by atoms with Crippen molar-refractivity contribution in [2.45, 2.75) is 64.5 Å². The summed E-state index contributed by atoms with van der Waals surface area (Å²) in [5.74, 6) is 0.308. The molecule has 0 spiro atoms.